The van der Waals surface area contributed by atoms with Gasteiger partial charge in [0.1, 0.15) is 17.7 Å². The number of nitrogens with one attached hydrogen (secondary N) is 2. The number of hydrogen-bond donors (Lipinski definition) is 3. The third kappa shape index (κ3) is 7.41. The van der Waals surface area contributed by atoms with Crippen molar-refractivity contribution in [1.29, 1.82) is 0 Å². The molecule has 0 radical (unpaired) electrons. The highest BCUT2D eigenvalue weighted by Gasteiger charge is 2.65. The molecule has 230 valence electrons. The molecule has 4 aliphatic rings. The van der Waals surface area contributed by atoms with E-state index in [9.17, 15) is 24.0 Å². The van der Waals surface area contributed by atoms with Crippen LogP contribution in [0.15, 0.2) is 0 Å². The number of hydrogen-bond acceptors (Lipinski definition) is 6. The Balaban J connectivity index is 1.61. The first-order chi connectivity index (χ1) is 19.3. The monoisotopic (exact) mass is 574 g/mol. The first-order valence-electron chi connectivity index (χ1n) is 15.8. The fraction of sp³-hybridized carbons (Fsp3) is 0.839. The number of fused-ring (bicyclic) bond motifs is 3. The summed E-state index contributed by atoms with van der Waals surface area (Å²) in [6, 6.07) is -2.58. The Morgan fingerprint density at radius 1 is 0.951 bits per heavy atom. The summed E-state index contributed by atoms with van der Waals surface area (Å²) in [6.45, 7) is 8.03. The molecule has 4 amide bonds. The number of primary amides is 1. The summed E-state index contributed by atoms with van der Waals surface area (Å²) < 4.78 is 5.48. The summed E-state index contributed by atoms with van der Waals surface area (Å²) in [5.41, 5.74) is 4.71. The summed E-state index contributed by atoms with van der Waals surface area (Å²) >= 11 is 0. The standard InChI is InChI=1S/C31H50N4O6/c1-30(2,3)41-29(40)34-23-14-12-10-8-6-5-7-9-11-13-22(25(36)26(32)37)33-27(38)24-20-17-31(4,19-15-16-19)21(20)18-35(24)28(23)39/h19-24H,5-18H2,1-4H3,(H2,32,37)(H,33,38)(H,34,40)/t20?,21-,22-,23-,24-,31?/m0/s1. The van der Waals surface area contributed by atoms with Crippen molar-refractivity contribution < 1.29 is 28.7 Å². The molecular weight excluding hydrogens is 524 g/mol. The maximum atomic E-state index is 14.2. The molecule has 0 bridgehead atoms. The van der Waals surface area contributed by atoms with Crippen molar-refractivity contribution in [3.05, 3.63) is 0 Å². The van der Waals surface area contributed by atoms with Gasteiger partial charge in [-0.3, -0.25) is 19.2 Å². The topological polar surface area (TPSA) is 148 Å². The molecule has 4 N–H and O–H groups in total. The predicted molar refractivity (Wildman–Crippen MR) is 153 cm³/mol. The lowest BCUT2D eigenvalue weighted by molar-refractivity contribution is -0.143. The van der Waals surface area contributed by atoms with Gasteiger partial charge in [0, 0.05) is 6.54 Å². The summed E-state index contributed by atoms with van der Waals surface area (Å²) in [7, 11) is 0. The third-order valence-electron chi connectivity index (χ3n) is 9.84. The fourth-order valence-corrected chi connectivity index (χ4v) is 7.50. The molecule has 4 rings (SSSR count). The lowest BCUT2D eigenvalue weighted by Crippen LogP contribution is -2.58. The highest BCUT2D eigenvalue weighted by atomic mass is 16.6. The third-order valence-corrected chi connectivity index (χ3v) is 9.84. The quantitative estimate of drug-likeness (QED) is 0.437. The molecule has 0 aromatic carbocycles. The molecule has 2 heterocycles. The van der Waals surface area contributed by atoms with E-state index in [2.05, 4.69) is 17.6 Å². The molecule has 2 aliphatic heterocycles. The van der Waals surface area contributed by atoms with Crippen molar-refractivity contribution in [2.45, 2.75) is 135 Å². The lowest BCUT2D eigenvalue weighted by atomic mass is 9.52. The SMILES string of the molecule is CC(C)(C)OC(=O)N[C@H]1CCCCCCCCCC[C@@H](C(=O)C(N)=O)NC(=O)[C@@H]2C3CC(C)(C4CC4)[C@H]3CN2C1=O. The molecule has 0 aromatic rings. The molecule has 41 heavy (non-hydrogen) atoms. The Morgan fingerprint density at radius 2 is 1.54 bits per heavy atom. The van der Waals surface area contributed by atoms with Gasteiger partial charge in [0.15, 0.2) is 0 Å². The van der Waals surface area contributed by atoms with Crippen LogP contribution in [0.4, 0.5) is 4.79 Å². The number of amides is 4. The van der Waals surface area contributed by atoms with Crippen LogP contribution in [0, 0.1) is 23.2 Å². The number of carbonyl (C=O) groups is 5. The van der Waals surface area contributed by atoms with Crippen LogP contribution in [0.3, 0.4) is 0 Å². The molecular formula is C31H50N4O6. The first-order valence-corrected chi connectivity index (χ1v) is 15.8. The smallest absolute Gasteiger partial charge is 0.408 e. The van der Waals surface area contributed by atoms with Gasteiger partial charge in [0.25, 0.3) is 5.91 Å². The Bertz CT molecular complexity index is 1020. The van der Waals surface area contributed by atoms with E-state index in [0.717, 1.165) is 51.4 Å². The minimum atomic E-state index is -1.06. The maximum Gasteiger partial charge on any atom is 0.408 e. The minimum Gasteiger partial charge on any atom is -0.444 e. The van der Waals surface area contributed by atoms with Gasteiger partial charge in [0.05, 0.1) is 6.04 Å². The average molecular weight is 575 g/mol. The van der Waals surface area contributed by atoms with Crippen LogP contribution >= 0.6 is 0 Å². The number of Topliss-reactive ketones (excluding diaryl/α,β-unsaturated/α-hetero) is 1. The second-order valence-electron chi connectivity index (χ2n) is 14.1. The van der Waals surface area contributed by atoms with Crippen molar-refractivity contribution in [2.75, 3.05) is 6.54 Å². The van der Waals surface area contributed by atoms with Crippen LogP contribution in [-0.4, -0.2) is 64.8 Å². The van der Waals surface area contributed by atoms with Gasteiger partial charge >= 0.3 is 6.09 Å². The Hall–Kier alpha value is -2.65. The van der Waals surface area contributed by atoms with Crippen LogP contribution in [0.5, 0.6) is 0 Å². The number of nitrogens with two attached hydrogens (primary N) is 1. The molecule has 10 heteroatoms. The average Bonchev–Trinajstić information content (AvgIpc) is 3.68. The van der Waals surface area contributed by atoms with Gasteiger partial charge in [-0.1, -0.05) is 58.3 Å². The van der Waals surface area contributed by atoms with Crippen LogP contribution in [0.1, 0.15) is 111 Å². The largest absolute Gasteiger partial charge is 0.444 e. The number of carbonyl (C=O) groups excluding carboxylic acids is 5. The first kappa shape index (κ1) is 31.3. The Morgan fingerprint density at radius 3 is 2.10 bits per heavy atom. The molecule has 2 saturated heterocycles. The number of ether oxygens (including phenoxy) is 1. The maximum absolute atomic E-state index is 14.2. The summed E-state index contributed by atoms with van der Waals surface area (Å²) in [4.78, 5) is 67.1. The molecule has 6 atom stereocenters. The summed E-state index contributed by atoms with van der Waals surface area (Å²) in [6.07, 6.45) is 10.8. The van der Waals surface area contributed by atoms with Crippen molar-refractivity contribution in [3.8, 4) is 0 Å². The predicted octanol–water partition coefficient (Wildman–Crippen LogP) is 3.60. The van der Waals surface area contributed by atoms with Crippen LogP contribution in [0.25, 0.3) is 0 Å². The van der Waals surface area contributed by atoms with Gasteiger partial charge in [0.2, 0.25) is 17.6 Å². The van der Waals surface area contributed by atoms with E-state index in [0.29, 0.717) is 31.7 Å². The van der Waals surface area contributed by atoms with Crippen molar-refractivity contribution in [1.82, 2.24) is 15.5 Å². The van der Waals surface area contributed by atoms with Crippen LogP contribution in [-0.2, 0) is 23.9 Å². The fourth-order valence-electron chi connectivity index (χ4n) is 7.50. The van der Waals surface area contributed by atoms with Crippen molar-refractivity contribution >= 4 is 29.6 Å². The van der Waals surface area contributed by atoms with E-state index >= 15 is 0 Å². The van der Waals surface area contributed by atoms with E-state index in [1.54, 1.807) is 25.7 Å². The zero-order chi connectivity index (χ0) is 29.9. The number of rotatable bonds is 4. The molecule has 2 aliphatic carbocycles. The van der Waals surface area contributed by atoms with Crippen LogP contribution in [0.2, 0.25) is 0 Å². The van der Waals surface area contributed by atoms with E-state index < -0.39 is 47.4 Å². The van der Waals surface area contributed by atoms with E-state index in [-0.39, 0.29) is 23.2 Å². The minimum absolute atomic E-state index is 0.0295. The Labute approximate surface area is 244 Å². The number of nitrogens with zero attached hydrogens (tertiary/aromatic N) is 1. The molecule has 10 nitrogen and oxygen atoms in total. The van der Waals surface area contributed by atoms with Gasteiger partial charge < -0.3 is 26.0 Å². The number of alkyl carbamates (subject to hydrolysis) is 1. The second kappa shape index (κ2) is 12.7. The van der Waals surface area contributed by atoms with Gasteiger partial charge in [-0.15, -0.1) is 0 Å². The molecule has 0 spiro atoms. The van der Waals surface area contributed by atoms with E-state index in [1.165, 1.54) is 12.8 Å². The number of ketones is 1. The van der Waals surface area contributed by atoms with E-state index in [4.69, 9.17) is 10.5 Å². The molecule has 2 unspecified atom stereocenters. The summed E-state index contributed by atoms with van der Waals surface area (Å²) in [5, 5.41) is 5.65. The Kier molecular flexibility index (Phi) is 9.69. The van der Waals surface area contributed by atoms with Gasteiger partial charge in [-0.05, 0) is 76.0 Å². The highest BCUT2D eigenvalue weighted by Crippen LogP contribution is 2.66. The second-order valence-corrected chi connectivity index (χ2v) is 14.1. The normalized spacial score (nSPS) is 33.9. The van der Waals surface area contributed by atoms with Gasteiger partial charge in [-0.25, -0.2) is 4.79 Å². The zero-order valence-corrected chi connectivity index (χ0v) is 25.3. The highest BCUT2D eigenvalue weighted by molar-refractivity contribution is 6.37. The van der Waals surface area contributed by atoms with Gasteiger partial charge in [-0.2, -0.15) is 0 Å². The van der Waals surface area contributed by atoms with Crippen molar-refractivity contribution in [3.63, 3.8) is 0 Å². The summed E-state index contributed by atoms with van der Waals surface area (Å²) in [5.74, 6) is -1.82. The molecule has 4 fully saturated rings. The van der Waals surface area contributed by atoms with E-state index in [1.807, 2.05) is 0 Å². The van der Waals surface area contributed by atoms with Crippen molar-refractivity contribution in [2.24, 2.45) is 28.9 Å². The zero-order valence-electron chi connectivity index (χ0n) is 25.3. The molecule has 0 aromatic heterocycles. The molecule has 2 saturated carbocycles. The lowest BCUT2D eigenvalue weighted by Gasteiger charge is -2.51. The van der Waals surface area contributed by atoms with Crippen LogP contribution < -0.4 is 16.4 Å².